The van der Waals surface area contributed by atoms with E-state index in [2.05, 4.69) is 5.32 Å². The molecule has 2 aromatic carbocycles. The molecule has 0 heterocycles. The molecule has 106 valence electrons. The second kappa shape index (κ2) is 6.95. The largest absolute Gasteiger partial charge is 0.381 e. The Bertz CT molecular complexity index is 573. The molecule has 0 radical (unpaired) electrons. The Kier molecular flexibility index (Phi) is 5.26. The second-order valence-electron chi connectivity index (χ2n) is 4.34. The van der Waals surface area contributed by atoms with Crippen LogP contribution in [0.2, 0.25) is 5.02 Å². The molecule has 2 aromatic rings. The molecule has 0 aliphatic rings. The van der Waals surface area contributed by atoms with Gasteiger partial charge in [-0.15, -0.1) is 0 Å². The van der Waals surface area contributed by atoms with Crippen LogP contribution in [-0.4, -0.2) is 5.76 Å². The molecule has 0 aliphatic carbocycles. The molecule has 1 nitrogen and oxygen atoms in total. The summed E-state index contributed by atoms with van der Waals surface area (Å²) in [5.41, 5.74) is 3.01. The van der Waals surface area contributed by atoms with E-state index < -0.39 is 5.76 Å². The van der Waals surface area contributed by atoms with Crippen LogP contribution in [-0.2, 0) is 6.54 Å². The smallest absolute Gasteiger partial charge is 0.288 e. The average Bonchev–Trinajstić information content (AvgIpc) is 2.41. The second-order valence-corrected chi connectivity index (χ2v) is 5.81. The van der Waals surface area contributed by atoms with Crippen molar-refractivity contribution in [2.45, 2.75) is 24.1 Å². The minimum absolute atomic E-state index is 0.547. The zero-order chi connectivity index (χ0) is 14.5. The zero-order valence-electron chi connectivity index (χ0n) is 10.9. The van der Waals surface area contributed by atoms with Crippen molar-refractivity contribution in [3.8, 4) is 0 Å². The van der Waals surface area contributed by atoms with Crippen LogP contribution < -0.4 is 5.32 Å². The van der Waals surface area contributed by atoms with Crippen LogP contribution in [0, 0.1) is 6.92 Å². The summed E-state index contributed by atoms with van der Waals surface area (Å²) in [6.07, 6.45) is 0. The molecule has 0 aliphatic heterocycles. The lowest BCUT2D eigenvalue weighted by Gasteiger charge is -2.08. The third kappa shape index (κ3) is 4.39. The predicted octanol–water partition coefficient (Wildman–Crippen LogP) is 5.58. The Hall–Kier alpha value is -1.26. The number of anilines is 1. The van der Waals surface area contributed by atoms with E-state index in [-0.39, 0.29) is 0 Å². The summed E-state index contributed by atoms with van der Waals surface area (Å²) in [4.78, 5) is 0.559. The molecule has 0 spiro atoms. The topological polar surface area (TPSA) is 12.0 Å². The maximum absolute atomic E-state index is 12.2. The first kappa shape index (κ1) is 15.1. The third-order valence-corrected chi connectivity index (χ3v) is 3.94. The van der Waals surface area contributed by atoms with Gasteiger partial charge in [-0.25, -0.2) is 0 Å². The highest BCUT2D eigenvalue weighted by molar-refractivity contribution is 7.99. The minimum atomic E-state index is -2.39. The van der Waals surface area contributed by atoms with E-state index >= 15 is 0 Å². The number of hydrogen-bond donors (Lipinski definition) is 1. The number of benzene rings is 2. The molecule has 0 aromatic heterocycles. The van der Waals surface area contributed by atoms with Crippen molar-refractivity contribution < 1.29 is 8.78 Å². The van der Waals surface area contributed by atoms with Gasteiger partial charge in [0.25, 0.3) is 5.76 Å². The number of hydrogen-bond acceptors (Lipinski definition) is 2. The van der Waals surface area contributed by atoms with Crippen molar-refractivity contribution in [3.05, 3.63) is 58.6 Å². The Morgan fingerprint density at radius 1 is 1.15 bits per heavy atom. The number of halogens is 3. The van der Waals surface area contributed by atoms with E-state index in [1.54, 1.807) is 24.3 Å². The SMILES string of the molecule is Cc1ccc(CNc2ccc(SC(F)F)cc2)cc1Cl. The van der Waals surface area contributed by atoms with E-state index in [1.165, 1.54) is 0 Å². The Morgan fingerprint density at radius 2 is 1.85 bits per heavy atom. The van der Waals surface area contributed by atoms with Gasteiger partial charge < -0.3 is 5.32 Å². The summed E-state index contributed by atoms with van der Waals surface area (Å²) in [6.45, 7) is 2.60. The van der Waals surface area contributed by atoms with Gasteiger partial charge in [0.15, 0.2) is 0 Å². The maximum Gasteiger partial charge on any atom is 0.288 e. The molecule has 1 N–H and O–H groups in total. The number of nitrogens with one attached hydrogen (secondary N) is 1. The quantitative estimate of drug-likeness (QED) is 0.724. The summed E-state index contributed by atoms with van der Waals surface area (Å²) in [5.74, 6) is -2.39. The first-order valence-electron chi connectivity index (χ1n) is 6.08. The summed E-state index contributed by atoms with van der Waals surface area (Å²) < 4.78 is 24.4. The fourth-order valence-corrected chi connectivity index (χ4v) is 2.41. The lowest BCUT2D eigenvalue weighted by molar-refractivity contribution is 0.252. The predicted molar refractivity (Wildman–Crippen MR) is 81.8 cm³/mol. The fraction of sp³-hybridized carbons (Fsp3) is 0.200. The normalized spacial score (nSPS) is 10.8. The highest BCUT2D eigenvalue weighted by Gasteiger charge is 2.04. The van der Waals surface area contributed by atoms with Gasteiger partial charge in [0, 0.05) is 22.2 Å². The van der Waals surface area contributed by atoms with Gasteiger partial charge in [-0.2, -0.15) is 8.78 Å². The van der Waals surface area contributed by atoms with Crippen LogP contribution >= 0.6 is 23.4 Å². The van der Waals surface area contributed by atoms with E-state index in [0.29, 0.717) is 23.2 Å². The molecule has 0 amide bonds. The van der Waals surface area contributed by atoms with Crippen LogP contribution in [0.1, 0.15) is 11.1 Å². The summed E-state index contributed by atoms with van der Waals surface area (Å²) >= 11 is 6.61. The standard InChI is InChI=1S/C15H14ClF2NS/c1-10-2-3-11(8-14(10)16)9-19-12-4-6-13(7-5-12)20-15(17)18/h2-8,15,19H,9H2,1H3. The summed E-state index contributed by atoms with van der Waals surface area (Å²) in [5, 5.41) is 3.98. The molecule has 0 unspecified atom stereocenters. The van der Waals surface area contributed by atoms with Gasteiger partial charge in [-0.05, 0) is 48.4 Å². The van der Waals surface area contributed by atoms with Gasteiger partial charge in [0.05, 0.1) is 0 Å². The highest BCUT2D eigenvalue weighted by Crippen LogP contribution is 2.26. The molecular weight excluding hydrogens is 300 g/mol. The monoisotopic (exact) mass is 313 g/mol. The molecule has 5 heteroatoms. The van der Waals surface area contributed by atoms with Gasteiger partial charge in [0.2, 0.25) is 0 Å². The van der Waals surface area contributed by atoms with Crippen molar-refractivity contribution >= 4 is 29.1 Å². The molecule has 0 saturated carbocycles. The summed E-state index contributed by atoms with van der Waals surface area (Å²) in [6, 6.07) is 12.9. The Labute approximate surface area is 126 Å². The zero-order valence-corrected chi connectivity index (χ0v) is 12.4. The van der Waals surface area contributed by atoms with Crippen molar-refractivity contribution in [1.29, 1.82) is 0 Å². The van der Waals surface area contributed by atoms with Crippen LogP contribution in [0.15, 0.2) is 47.4 Å². The van der Waals surface area contributed by atoms with Crippen LogP contribution in [0.5, 0.6) is 0 Å². The molecule has 0 atom stereocenters. The lowest BCUT2D eigenvalue weighted by Crippen LogP contribution is -1.99. The fourth-order valence-electron chi connectivity index (χ4n) is 1.70. The number of alkyl halides is 2. The van der Waals surface area contributed by atoms with Crippen LogP contribution in [0.3, 0.4) is 0 Å². The van der Waals surface area contributed by atoms with Crippen LogP contribution in [0.4, 0.5) is 14.5 Å². The van der Waals surface area contributed by atoms with Gasteiger partial charge in [-0.3, -0.25) is 0 Å². The number of aryl methyl sites for hydroxylation is 1. The molecule has 0 bridgehead atoms. The number of thioether (sulfide) groups is 1. The molecule has 0 saturated heterocycles. The van der Waals surface area contributed by atoms with Crippen molar-refractivity contribution in [1.82, 2.24) is 0 Å². The van der Waals surface area contributed by atoms with Crippen molar-refractivity contribution in [3.63, 3.8) is 0 Å². The van der Waals surface area contributed by atoms with E-state index in [4.69, 9.17) is 11.6 Å². The first-order valence-corrected chi connectivity index (χ1v) is 7.34. The Balaban J connectivity index is 1.95. The third-order valence-electron chi connectivity index (χ3n) is 2.81. The molecule has 20 heavy (non-hydrogen) atoms. The van der Waals surface area contributed by atoms with Gasteiger partial charge in [-0.1, -0.05) is 35.5 Å². The van der Waals surface area contributed by atoms with Gasteiger partial charge >= 0.3 is 0 Å². The van der Waals surface area contributed by atoms with E-state index in [0.717, 1.165) is 21.8 Å². The molecule has 0 fully saturated rings. The van der Waals surface area contributed by atoms with Crippen molar-refractivity contribution in [2.75, 3.05) is 5.32 Å². The highest BCUT2D eigenvalue weighted by atomic mass is 35.5. The lowest BCUT2D eigenvalue weighted by atomic mass is 10.1. The van der Waals surface area contributed by atoms with Crippen LogP contribution in [0.25, 0.3) is 0 Å². The summed E-state index contributed by atoms with van der Waals surface area (Å²) in [7, 11) is 0. The maximum atomic E-state index is 12.2. The van der Waals surface area contributed by atoms with E-state index in [9.17, 15) is 8.78 Å². The van der Waals surface area contributed by atoms with E-state index in [1.807, 2.05) is 25.1 Å². The average molecular weight is 314 g/mol. The number of rotatable bonds is 5. The molecule has 2 rings (SSSR count). The van der Waals surface area contributed by atoms with Crippen molar-refractivity contribution in [2.24, 2.45) is 0 Å². The molecular formula is C15H14ClF2NS. The minimum Gasteiger partial charge on any atom is -0.381 e. The first-order chi connectivity index (χ1) is 9.54. The van der Waals surface area contributed by atoms with Gasteiger partial charge in [0.1, 0.15) is 0 Å². The Morgan fingerprint density at radius 3 is 2.45 bits per heavy atom.